The Balaban J connectivity index is 0.00000161. The zero-order chi connectivity index (χ0) is 14.3. The van der Waals surface area contributed by atoms with Crippen molar-refractivity contribution in [2.24, 2.45) is 11.1 Å². The minimum absolute atomic E-state index is 0. The van der Waals surface area contributed by atoms with E-state index in [2.05, 4.69) is 6.92 Å². The maximum atomic E-state index is 12.5. The van der Waals surface area contributed by atoms with Crippen LogP contribution in [-0.4, -0.2) is 30.4 Å². The van der Waals surface area contributed by atoms with E-state index in [0.29, 0.717) is 18.8 Å². The predicted octanol–water partition coefficient (Wildman–Crippen LogP) is 2.97. The maximum absolute atomic E-state index is 12.5. The van der Waals surface area contributed by atoms with Gasteiger partial charge in [-0.1, -0.05) is 25.1 Å². The summed E-state index contributed by atoms with van der Waals surface area (Å²) < 4.78 is 5.75. The highest BCUT2D eigenvalue weighted by atomic mass is 35.5. The van der Waals surface area contributed by atoms with Gasteiger partial charge in [-0.05, 0) is 36.9 Å². The summed E-state index contributed by atoms with van der Waals surface area (Å²) in [5, 5.41) is 0.981. The number of benzene rings is 1. The van der Waals surface area contributed by atoms with Crippen LogP contribution in [-0.2, 0) is 0 Å². The van der Waals surface area contributed by atoms with Gasteiger partial charge in [0.05, 0.1) is 0 Å². The van der Waals surface area contributed by atoms with E-state index < -0.39 is 0 Å². The van der Waals surface area contributed by atoms with Crippen LogP contribution in [0.25, 0.3) is 11.0 Å². The van der Waals surface area contributed by atoms with Crippen molar-refractivity contribution in [1.29, 1.82) is 0 Å². The summed E-state index contributed by atoms with van der Waals surface area (Å²) in [5.74, 6) is 0.397. The van der Waals surface area contributed by atoms with Gasteiger partial charge in [0.1, 0.15) is 5.58 Å². The number of rotatable bonds is 2. The number of nitrogens with zero attached hydrogens (tertiary/aromatic N) is 1. The van der Waals surface area contributed by atoms with Gasteiger partial charge in [0.2, 0.25) is 0 Å². The van der Waals surface area contributed by atoms with Gasteiger partial charge in [-0.3, -0.25) is 4.79 Å². The molecule has 2 heterocycles. The number of fused-ring (bicyclic) bond motifs is 1. The maximum Gasteiger partial charge on any atom is 0.289 e. The van der Waals surface area contributed by atoms with Crippen molar-refractivity contribution in [3.05, 3.63) is 35.6 Å². The first-order chi connectivity index (χ1) is 9.52. The number of halogens is 1. The lowest BCUT2D eigenvalue weighted by molar-refractivity contribution is 0.0747. The van der Waals surface area contributed by atoms with Crippen molar-refractivity contribution in [3.63, 3.8) is 0 Å². The third-order valence-corrected chi connectivity index (χ3v) is 4.29. The van der Waals surface area contributed by atoms with Gasteiger partial charge in [0, 0.05) is 18.5 Å². The molecule has 1 atom stereocenters. The number of hydrogen-bond donors (Lipinski definition) is 1. The van der Waals surface area contributed by atoms with E-state index in [0.717, 1.165) is 29.5 Å². The monoisotopic (exact) mass is 308 g/mol. The normalized spacial score (nSPS) is 21.6. The molecular formula is C16H21ClN2O2. The third kappa shape index (κ3) is 2.78. The first kappa shape index (κ1) is 15.9. The lowest BCUT2D eigenvalue weighted by Crippen LogP contribution is -2.34. The van der Waals surface area contributed by atoms with Gasteiger partial charge in [-0.15, -0.1) is 12.4 Å². The summed E-state index contributed by atoms with van der Waals surface area (Å²) in [5.41, 5.74) is 7.68. The van der Waals surface area contributed by atoms with Gasteiger partial charge >= 0.3 is 0 Å². The number of aryl methyl sites for hydroxylation is 1. The first-order valence-electron chi connectivity index (χ1n) is 7.01. The molecule has 1 aromatic heterocycles. The topological polar surface area (TPSA) is 59.5 Å². The molecule has 1 aromatic carbocycles. The second kappa shape index (κ2) is 5.70. The van der Waals surface area contributed by atoms with Crippen LogP contribution >= 0.6 is 12.4 Å². The molecule has 4 nitrogen and oxygen atoms in total. The Morgan fingerprint density at radius 3 is 2.86 bits per heavy atom. The Kier molecular flexibility index (Phi) is 4.30. The zero-order valence-electron chi connectivity index (χ0n) is 12.4. The van der Waals surface area contributed by atoms with E-state index in [-0.39, 0.29) is 23.7 Å². The Morgan fingerprint density at radius 1 is 1.48 bits per heavy atom. The molecule has 21 heavy (non-hydrogen) atoms. The molecule has 0 saturated carbocycles. The van der Waals surface area contributed by atoms with Crippen molar-refractivity contribution < 1.29 is 9.21 Å². The van der Waals surface area contributed by atoms with Crippen LogP contribution < -0.4 is 5.73 Å². The van der Waals surface area contributed by atoms with Crippen molar-refractivity contribution in [2.45, 2.75) is 20.3 Å². The van der Waals surface area contributed by atoms with Gasteiger partial charge < -0.3 is 15.1 Å². The van der Waals surface area contributed by atoms with E-state index in [1.165, 1.54) is 0 Å². The SMILES string of the molecule is Cc1cccc2cc(C(=O)N3CCC(C)(CN)C3)oc12.Cl. The summed E-state index contributed by atoms with van der Waals surface area (Å²) >= 11 is 0. The van der Waals surface area contributed by atoms with Crippen molar-refractivity contribution in [1.82, 2.24) is 4.90 Å². The van der Waals surface area contributed by atoms with Crippen LogP contribution in [0.2, 0.25) is 0 Å². The molecule has 1 amide bonds. The van der Waals surface area contributed by atoms with E-state index in [9.17, 15) is 4.79 Å². The number of likely N-dealkylation sites (tertiary alicyclic amines) is 1. The van der Waals surface area contributed by atoms with Crippen molar-refractivity contribution in [3.8, 4) is 0 Å². The van der Waals surface area contributed by atoms with E-state index >= 15 is 0 Å². The molecule has 1 saturated heterocycles. The molecule has 3 rings (SSSR count). The fraction of sp³-hybridized carbons (Fsp3) is 0.438. The molecule has 1 aliphatic heterocycles. The quantitative estimate of drug-likeness (QED) is 0.928. The average molecular weight is 309 g/mol. The van der Waals surface area contributed by atoms with E-state index in [4.69, 9.17) is 10.2 Å². The predicted molar refractivity (Wildman–Crippen MR) is 85.9 cm³/mol. The molecule has 5 heteroatoms. The van der Waals surface area contributed by atoms with Gasteiger partial charge in [0.25, 0.3) is 5.91 Å². The average Bonchev–Trinajstić information content (AvgIpc) is 3.03. The number of hydrogen-bond acceptors (Lipinski definition) is 3. The molecule has 0 aliphatic carbocycles. The van der Waals surface area contributed by atoms with Crippen LogP contribution in [0.4, 0.5) is 0 Å². The summed E-state index contributed by atoms with van der Waals surface area (Å²) in [6.45, 7) is 6.18. The summed E-state index contributed by atoms with van der Waals surface area (Å²) in [7, 11) is 0. The fourth-order valence-electron chi connectivity index (χ4n) is 2.83. The van der Waals surface area contributed by atoms with E-state index in [1.54, 1.807) is 0 Å². The zero-order valence-corrected chi connectivity index (χ0v) is 13.2. The number of carbonyl (C=O) groups is 1. The summed E-state index contributed by atoms with van der Waals surface area (Å²) in [6, 6.07) is 7.77. The van der Waals surface area contributed by atoms with Gasteiger partial charge in [-0.2, -0.15) is 0 Å². The molecule has 0 bridgehead atoms. The Morgan fingerprint density at radius 2 is 2.24 bits per heavy atom. The highest BCUT2D eigenvalue weighted by Crippen LogP contribution is 2.31. The molecule has 1 fully saturated rings. The number of para-hydroxylation sites is 1. The summed E-state index contributed by atoms with van der Waals surface area (Å²) in [6.07, 6.45) is 0.953. The minimum Gasteiger partial charge on any atom is -0.451 e. The van der Waals surface area contributed by atoms with Crippen LogP contribution in [0, 0.1) is 12.3 Å². The van der Waals surface area contributed by atoms with Gasteiger partial charge in [-0.25, -0.2) is 0 Å². The Bertz CT molecular complexity index is 667. The van der Waals surface area contributed by atoms with Gasteiger partial charge in [0.15, 0.2) is 5.76 Å². The number of nitrogens with two attached hydrogens (primary N) is 1. The smallest absolute Gasteiger partial charge is 0.289 e. The number of furan rings is 1. The Hall–Kier alpha value is -1.52. The second-order valence-corrected chi connectivity index (χ2v) is 6.10. The fourth-order valence-corrected chi connectivity index (χ4v) is 2.83. The molecule has 1 unspecified atom stereocenters. The molecule has 1 aliphatic rings. The van der Waals surface area contributed by atoms with Crippen LogP contribution in [0.15, 0.2) is 28.7 Å². The molecule has 0 spiro atoms. The number of amides is 1. The van der Waals surface area contributed by atoms with E-state index in [1.807, 2.05) is 36.1 Å². The number of carbonyl (C=O) groups excluding carboxylic acids is 1. The highest BCUT2D eigenvalue weighted by molar-refractivity contribution is 5.96. The molecule has 0 radical (unpaired) electrons. The van der Waals surface area contributed by atoms with Crippen LogP contribution in [0.1, 0.15) is 29.5 Å². The lowest BCUT2D eigenvalue weighted by Gasteiger charge is -2.21. The highest BCUT2D eigenvalue weighted by Gasteiger charge is 2.36. The summed E-state index contributed by atoms with van der Waals surface area (Å²) in [4.78, 5) is 14.4. The Labute approximate surface area is 130 Å². The van der Waals surface area contributed by atoms with Crippen molar-refractivity contribution in [2.75, 3.05) is 19.6 Å². The lowest BCUT2D eigenvalue weighted by atomic mass is 9.90. The van der Waals surface area contributed by atoms with Crippen LogP contribution in [0.5, 0.6) is 0 Å². The first-order valence-corrected chi connectivity index (χ1v) is 7.01. The van der Waals surface area contributed by atoms with Crippen molar-refractivity contribution >= 4 is 29.3 Å². The second-order valence-electron chi connectivity index (χ2n) is 6.10. The third-order valence-electron chi connectivity index (χ3n) is 4.29. The molecule has 2 aromatic rings. The molecule has 2 N–H and O–H groups in total. The van der Waals surface area contributed by atoms with Crippen LogP contribution in [0.3, 0.4) is 0 Å². The standard InChI is InChI=1S/C16H20N2O2.ClH/c1-11-4-3-5-12-8-13(20-14(11)12)15(19)18-7-6-16(2,9-17)10-18;/h3-5,8H,6-7,9-10,17H2,1-2H3;1H. The molecular weight excluding hydrogens is 288 g/mol. The minimum atomic E-state index is -0.0298. The largest absolute Gasteiger partial charge is 0.451 e. The molecule has 114 valence electrons.